The van der Waals surface area contributed by atoms with Crippen LogP contribution in [0.15, 0.2) is 6.07 Å². The highest BCUT2D eigenvalue weighted by Gasteiger charge is 2.53. The minimum Gasteiger partial charge on any atom is -0.335 e. The van der Waals surface area contributed by atoms with Gasteiger partial charge in [-0.1, -0.05) is 0 Å². The van der Waals surface area contributed by atoms with E-state index in [2.05, 4.69) is 22.7 Å². The molecule has 2 N–H and O–H groups in total. The van der Waals surface area contributed by atoms with Crippen LogP contribution < -0.4 is 10.6 Å². The quantitative estimate of drug-likeness (QED) is 0.897. The standard InChI is InChI=1S/C18H28N4O/c1-11-4-16(22(3)21-11)20-17(23)19-12(2)18-8-13-5-14(9-18)7-15(6-13)10-18/h4,12-15H,5-10H2,1-3H3,(H2,19,20,23). The summed E-state index contributed by atoms with van der Waals surface area (Å²) in [5.41, 5.74) is 1.26. The summed E-state index contributed by atoms with van der Waals surface area (Å²) in [4.78, 5) is 12.4. The van der Waals surface area contributed by atoms with Gasteiger partial charge in [-0.3, -0.25) is 10.00 Å². The van der Waals surface area contributed by atoms with Crippen molar-refractivity contribution < 1.29 is 4.79 Å². The zero-order valence-corrected chi connectivity index (χ0v) is 14.4. The fourth-order valence-corrected chi connectivity index (χ4v) is 5.94. The van der Waals surface area contributed by atoms with Crippen molar-refractivity contribution in [3.8, 4) is 0 Å². The van der Waals surface area contributed by atoms with E-state index in [9.17, 15) is 4.79 Å². The molecule has 0 saturated heterocycles. The van der Waals surface area contributed by atoms with Crippen molar-refractivity contribution in [1.29, 1.82) is 0 Å². The molecule has 4 saturated carbocycles. The molecule has 0 aromatic carbocycles. The lowest BCUT2D eigenvalue weighted by molar-refractivity contribution is -0.0680. The number of aryl methyl sites for hydroxylation is 2. The van der Waals surface area contributed by atoms with Crippen LogP contribution in [0.25, 0.3) is 0 Å². The minimum absolute atomic E-state index is 0.101. The molecule has 1 aromatic rings. The fourth-order valence-electron chi connectivity index (χ4n) is 5.94. The summed E-state index contributed by atoms with van der Waals surface area (Å²) in [6, 6.07) is 2.04. The molecular formula is C18H28N4O. The number of nitrogens with zero attached hydrogens (tertiary/aromatic N) is 2. The first-order valence-corrected chi connectivity index (χ1v) is 9.02. The fraction of sp³-hybridized carbons (Fsp3) is 0.778. The van der Waals surface area contributed by atoms with Crippen molar-refractivity contribution in [3.05, 3.63) is 11.8 Å². The lowest BCUT2D eigenvalue weighted by atomic mass is 9.48. The number of rotatable bonds is 3. The average Bonchev–Trinajstić information content (AvgIpc) is 2.75. The van der Waals surface area contributed by atoms with Gasteiger partial charge in [0, 0.05) is 19.2 Å². The number of hydrogen-bond donors (Lipinski definition) is 2. The molecule has 1 aromatic heterocycles. The van der Waals surface area contributed by atoms with Crippen LogP contribution in [0, 0.1) is 30.1 Å². The zero-order chi connectivity index (χ0) is 16.2. The van der Waals surface area contributed by atoms with Crippen LogP contribution in [-0.4, -0.2) is 21.9 Å². The lowest BCUT2D eigenvalue weighted by Gasteiger charge is -2.59. The van der Waals surface area contributed by atoms with Gasteiger partial charge >= 0.3 is 6.03 Å². The predicted molar refractivity (Wildman–Crippen MR) is 90.2 cm³/mol. The number of aromatic nitrogens is 2. The van der Waals surface area contributed by atoms with Gasteiger partial charge in [0.1, 0.15) is 5.82 Å². The maximum Gasteiger partial charge on any atom is 0.320 e. The van der Waals surface area contributed by atoms with E-state index in [1.807, 2.05) is 20.0 Å². The van der Waals surface area contributed by atoms with E-state index in [4.69, 9.17) is 0 Å². The van der Waals surface area contributed by atoms with Crippen LogP contribution in [0.2, 0.25) is 0 Å². The highest BCUT2D eigenvalue weighted by molar-refractivity contribution is 5.88. The molecule has 0 spiro atoms. The summed E-state index contributed by atoms with van der Waals surface area (Å²) in [6.45, 7) is 4.14. The predicted octanol–water partition coefficient (Wildman–Crippen LogP) is 3.45. The molecule has 4 aliphatic carbocycles. The molecule has 5 rings (SSSR count). The first-order chi connectivity index (χ1) is 10.9. The Hall–Kier alpha value is -1.52. The van der Waals surface area contributed by atoms with Crippen LogP contribution in [0.3, 0.4) is 0 Å². The third kappa shape index (κ3) is 2.64. The summed E-state index contributed by atoms with van der Waals surface area (Å²) in [7, 11) is 1.85. The van der Waals surface area contributed by atoms with Crippen LogP contribution in [-0.2, 0) is 7.05 Å². The Morgan fingerprint density at radius 2 is 1.83 bits per heavy atom. The highest BCUT2D eigenvalue weighted by atomic mass is 16.2. The van der Waals surface area contributed by atoms with Gasteiger partial charge in [-0.25, -0.2) is 4.79 Å². The smallest absolute Gasteiger partial charge is 0.320 e. The minimum atomic E-state index is -0.101. The van der Waals surface area contributed by atoms with Gasteiger partial charge in [0.25, 0.3) is 0 Å². The Balaban J connectivity index is 1.42. The van der Waals surface area contributed by atoms with Crippen molar-refractivity contribution in [3.63, 3.8) is 0 Å². The molecule has 4 bridgehead atoms. The van der Waals surface area contributed by atoms with Crippen molar-refractivity contribution in [1.82, 2.24) is 15.1 Å². The summed E-state index contributed by atoms with van der Waals surface area (Å²) in [5, 5.41) is 10.4. The molecule has 0 radical (unpaired) electrons. The van der Waals surface area contributed by atoms with Gasteiger partial charge in [-0.05, 0) is 75.5 Å². The van der Waals surface area contributed by atoms with Gasteiger partial charge in [-0.2, -0.15) is 5.10 Å². The second-order valence-electron chi connectivity index (χ2n) is 8.39. The van der Waals surface area contributed by atoms with Crippen LogP contribution in [0.5, 0.6) is 0 Å². The number of nitrogens with one attached hydrogen (secondary N) is 2. The Labute approximate surface area is 138 Å². The number of carbonyl (C=O) groups excluding carboxylic acids is 1. The highest BCUT2D eigenvalue weighted by Crippen LogP contribution is 2.61. The number of urea groups is 1. The molecule has 1 unspecified atom stereocenters. The van der Waals surface area contributed by atoms with Gasteiger partial charge in [0.2, 0.25) is 0 Å². The van der Waals surface area contributed by atoms with Crippen molar-refractivity contribution in [2.24, 2.45) is 30.2 Å². The van der Waals surface area contributed by atoms with Crippen LogP contribution >= 0.6 is 0 Å². The van der Waals surface area contributed by atoms with Gasteiger partial charge in [0.05, 0.1) is 5.69 Å². The normalized spacial score (nSPS) is 36.0. The van der Waals surface area contributed by atoms with Crippen molar-refractivity contribution in [2.75, 3.05) is 5.32 Å². The Bertz CT molecular complexity index is 585. The molecular weight excluding hydrogens is 288 g/mol. The van der Waals surface area contributed by atoms with E-state index in [1.54, 1.807) is 4.68 Å². The molecule has 126 valence electrons. The van der Waals surface area contributed by atoms with Gasteiger partial charge < -0.3 is 5.32 Å². The maximum absolute atomic E-state index is 12.4. The monoisotopic (exact) mass is 316 g/mol. The molecule has 2 amide bonds. The SMILES string of the molecule is Cc1cc(NC(=O)NC(C)C23CC4CC(CC(C4)C2)C3)n(C)n1. The maximum atomic E-state index is 12.4. The molecule has 5 nitrogen and oxygen atoms in total. The Morgan fingerprint density at radius 3 is 2.30 bits per heavy atom. The molecule has 4 fully saturated rings. The molecule has 1 heterocycles. The molecule has 1 atom stereocenters. The zero-order valence-electron chi connectivity index (χ0n) is 14.4. The second kappa shape index (κ2) is 5.25. The third-order valence-corrected chi connectivity index (χ3v) is 6.60. The van der Waals surface area contributed by atoms with Crippen molar-refractivity contribution >= 4 is 11.8 Å². The summed E-state index contributed by atoms with van der Waals surface area (Å²) < 4.78 is 1.71. The molecule has 23 heavy (non-hydrogen) atoms. The van der Waals surface area contributed by atoms with E-state index in [-0.39, 0.29) is 12.1 Å². The summed E-state index contributed by atoms with van der Waals surface area (Å²) in [5.74, 6) is 3.48. The summed E-state index contributed by atoms with van der Waals surface area (Å²) >= 11 is 0. The van der Waals surface area contributed by atoms with E-state index in [1.165, 1.54) is 38.5 Å². The second-order valence-corrected chi connectivity index (χ2v) is 8.39. The lowest BCUT2D eigenvalue weighted by Crippen LogP contribution is -2.56. The van der Waals surface area contributed by atoms with Gasteiger partial charge in [0.15, 0.2) is 0 Å². The number of amides is 2. The molecule has 4 aliphatic rings. The van der Waals surface area contributed by atoms with E-state index >= 15 is 0 Å². The molecule has 0 aliphatic heterocycles. The summed E-state index contributed by atoms with van der Waals surface area (Å²) in [6.07, 6.45) is 8.24. The number of hydrogen-bond acceptors (Lipinski definition) is 2. The largest absolute Gasteiger partial charge is 0.335 e. The topological polar surface area (TPSA) is 59.0 Å². The first kappa shape index (κ1) is 15.0. The van der Waals surface area contributed by atoms with Crippen molar-refractivity contribution in [2.45, 2.75) is 58.4 Å². The molecule has 5 heteroatoms. The number of carbonyl (C=O) groups is 1. The average molecular weight is 316 g/mol. The van der Waals surface area contributed by atoms with Gasteiger partial charge in [-0.15, -0.1) is 0 Å². The third-order valence-electron chi connectivity index (χ3n) is 6.60. The first-order valence-electron chi connectivity index (χ1n) is 9.02. The number of anilines is 1. The van der Waals surface area contributed by atoms with E-state index < -0.39 is 0 Å². The van der Waals surface area contributed by atoms with E-state index in [0.717, 1.165) is 29.3 Å². The van der Waals surface area contributed by atoms with E-state index in [0.29, 0.717) is 5.41 Å². The Morgan fingerprint density at radius 1 is 1.26 bits per heavy atom. The Kier molecular flexibility index (Phi) is 3.43. The van der Waals surface area contributed by atoms with Crippen LogP contribution in [0.4, 0.5) is 10.6 Å². The van der Waals surface area contributed by atoms with Crippen LogP contribution in [0.1, 0.15) is 51.1 Å².